The number of aromatic nitrogens is 2. The minimum absolute atomic E-state index is 0.0836. The Morgan fingerprint density at radius 2 is 2.06 bits per heavy atom. The zero-order valence-corrected chi connectivity index (χ0v) is 9.57. The minimum atomic E-state index is -0.366. The highest BCUT2D eigenvalue weighted by Crippen LogP contribution is 2.16. The Morgan fingerprint density at radius 1 is 1.35 bits per heavy atom. The Bertz CT molecular complexity index is 566. The zero-order valence-electron chi connectivity index (χ0n) is 8.81. The zero-order chi connectivity index (χ0) is 12.3. The second-order valence-electron chi connectivity index (χ2n) is 3.36. The molecule has 0 unspecified atom stereocenters. The second-order valence-corrected chi connectivity index (χ2v) is 3.79. The van der Waals surface area contributed by atoms with Crippen molar-refractivity contribution in [3.8, 4) is 5.75 Å². The van der Waals surface area contributed by atoms with Gasteiger partial charge < -0.3 is 15.5 Å². The molecule has 0 fully saturated rings. The summed E-state index contributed by atoms with van der Waals surface area (Å²) in [6.45, 7) is 0.164. The van der Waals surface area contributed by atoms with Gasteiger partial charge in [-0.15, -0.1) is 0 Å². The lowest BCUT2D eigenvalue weighted by Gasteiger charge is -2.05. The lowest BCUT2D eigenvalue weighted by Crippen LogP contribution is -2.16. The predicted molar refractivity (Wildman–Crippen MR) is 65.1 cm³/mol. The highest BCUT2D eigenvalue weighted by molar-refractivity contribution is 6.30. The molecular weight excluding hydrogens is 242 g/mol. The van der Waals surface area contributed by atoms with E-state index in [-0.39, 0.29) is 17.9 Å². The number of rotatable bonds is 3. The van der Waals surface area contributed by atoms with Gasteiger partial charge in [-0.25, -0.2) is 4.98 Å². The van der Waals surface area contributed by atoms with E-state index in [2.05, 4.69) is 9.97 Å². The van der Waals surface area contributed by atoms with E-state index in [4.69, 9.17) is 22.1 Å². The number of halogens is 1. The van der Waals surface area contributed by atoms with Crippen LogP contribution in [0.15, 0.2) is 35.3 Å². The summed E-state index contributed by atoms with van der Waals surface area (Å²) in [4.78, 5) is 17.7. The largest absolute Gasteiger partial charge is 0.486 e. The van der Waals surface area contributed by atoms with Gasteiger partial charge in [0.2, 0.25) is 0 Å². The fourth-order valence-electron chi connectivity index (χ4n) is 1.20. The molecule has 1 aromatic heterocycles. The van der Waals surface area contributed by atoms with E-state index in [0.717, 1.165) is 0 Å². The van der Waals surface area contributed by atoms with Crippen molar-refractivity contribution in [2.24, 2.45) is 0 Å². The normalized spacial score (nSPS) is 10.2. The van der Waals surface area contributed by atoms with Crippen LogP contribution in [0.2, 0.25) is 5.02 Å². The minimum Gasteiger partial charge on any atom is -0.486 e. The molecule has 1 aromatic carbocycles. The highest BCUT2D eigenvalue weighted by atomic mass is 35.5. The van der Waals surface area contributed by atoms with E-state index in [0.29, 0.717) is 16.6 Å². The van der Waals surface area contributed by atoms with Crippen LogP contribution in [-0.4, -0.2) is 9.97 Å². The van der Waals surface area contributed by atoms with Crippen molar-refractivity contribution >= 4 is 17.3 Å². The SMILES string of the molecule is Nc1cnc(COc2ccc(Cl)cc2)[nH]c1=O. The lowest BCUT2D eigenvalue weighted by atomic mass is 10.3. The van der Waals surface area contributed by atoms with Gasteiger partial charge in [0.25, 0.3) is 5.56 Å². The van der Waals surface area contributed by atoms with Crippen LogP contribution in [0.3, 0.4) is 0 Å². The third-order valence-electron chi connectivity index (χ3n) is 2.07. The van der Waals surface area contributed by atoms with Crippen molar-refractivity contribution in [1.82, 2.24) is 9.97 Å². The summed E-state index contributed by atoms with van der Waals surface area (Å²) >= 11 is 5.74. The maximum atomic E-state index is 11.2. The van der Waals surface area contributed by atoms with Crippen LogP contribution in [0.4, 0.5) is 5.69 Å². The number of nitrogens with one attached hydrogen (secondary N) is 1. The van der Waals surface area contributed by atoms with Crippen molar-refractivity contribution in [2.45, 2.75) is 6.61 Å². The van der Waals surface area contributed by atoms with E-state index in [1.807, 2.05) is 0 Å². The number of aromatic amines is 1. The van der Waals surface area contributed by atoms with Crippen molar-refractivity contribution in [3.05, 3.63) is 51.7 Å². The topological polar surface area (TPSA) is 81.0 Å². The number of hydrogen-bond donors (Lipinski definition) is 2. The molecule has 3 N–H and O–H groups in total. The second kappa shape index (κ2) is 4.88. The maximum Gasteiger partial charge on any atom is 0.274 e. The first-order chi connectivity index (χ1) is 8.15. The molecule has 17 heavy (non-hydrogen) atoms. The van der Waals surface area contributed by atoms with E-state index >= 15 is 0 Å². The molecule has 88 valence electrons. The summed E-state index contributed by atoms with van der Waals surface area (Å²) in [5.41, 5.74) is 5.07. The van der Waals surface area contributed by atoms with Crippen LogP contribution in [-0.2, 0) is 6.61 Å². The number of nitrogens with zero attached hydrogens (tertiary/aromatic N) is 1. The third-order valence-corrected chi connectivity index (χ3v) is 2.32. The van der Waals surface area contributed by atoms with Crippen molar-refractivity contribution in [2.75, 3.05) is 5.73 Å². The molecule has 0 atom stereocenters. The standard InChI is InChI=1S/C11H10ClN3O2/c12-7-1-3-8(4-2-7)17-6-10-14-5-9(13)11(16)15-10/h1-5H,6,13H2,(H,14,15,16). The Hall–Kier alpha value is -2.01. The summed E-state index contributed by atoms with van der Waals surface area (Å²) in [5.74, 6) is 1.06. The average molecular weight is 252 g/mol. The number of H-pyrrole nitrogens is 1. The van der Waals surface area contributed by atoms with Gasteiger partial charge in [0.15, 0.2) is 0 Å². The van der Waals surface area contributed by atoms with Gasteiger partial charge in [0.1, 0.15) is 23.9 Å². The van der Waals surface area contributed by atoms with Gasteiger partial charge in [-0.3, -0.25) is 4.79 Å². The molecule has 0 saturated heterocycles. The first-order valence-electron chi connectivity index (χ1n) is 4.87. The summed E-state index contributed by atoms with van der Waals surface area (Å²) in [7, 11) is 0. The molecule has 2 rings (SSSR count). The van der Waals surface area contributed by atoms with Crippen LogP contribution >= 0.6 is 11.6 Å². The molecule has 0 aliphatic carbocycles. The molecule has 5 nitrogen and oxygen atoms in total. The molecule has 0 saturated carbocycles. The molecular formula is C11H10ClN3O2. The maximum absolute atomic E-state index is 11.2. The van der Waals surface area contributed by atoms with E-state index in [1.165, 1.54) is 6.20 Å². The van der Waals surface area contributed by atoms with E-state index < -0.39 is 0 Å². The van der Waals surface area contributed by atoms with Crippen LogP contribution in [0, 0.1) is 0 Å². The number of ether oxygens (including phenoxy) is 1. The number of benzene rings is 1. The third kappa shape index (κ3) is 2.98. The van der Waals surface area contributed by atoms with Gasteiger partial charge in [-0.2, -0.15) is 0 Å². The van der Waals surface area contributed by atoms with Gasteiger partial charge in [0.05, 0.1) is 6.20 Å². The van der Waals surface area contributed by atoms with Crippen LogP contribution in [0.5, 0.6) is 5.75 Å². The highest BCUT2D eigenvalue weighted by Gasteiger charge is 2.00. The Balaban J connectivity index is 2.04. The Morgan fingerprint density at radius 3 is 2.71 bits per heavy atom. The van der Waals surface area contributed by atoms with Gasteiger partial charge in [0, 0.05) is 5.02 Å². The van der Waals surface area contributed by atoms with Crippen molar-refractivity contribution in [1.29, 1.82) is 0 Å². The number of anilines is 1. The first kappa shape index (κ1) is 11.5. The van der Waals surface area contributed by atoms with Gasteiger partial charge in [-0.1, -0.05) is 11.6 Å². The Kier molecular flexibility index (Phi) is 3.30. The molecule has 0 aliphatic rings. The van der Waals surface area contributed by atoms with Crippen molar-refractivity contribution in [3.63, 3.8) is 0 Å². The van der Waals surface area contributed by atoms with Crippen LogP contribution in [0.25, 0.3) is 0 Å². The molecule has 2 aromatic rings. The first-order valence-corrected chi connectivity index (χ1v) is 5.25. The average Bonchev–Trinajstić information content (AvgIpc) is 2.33. The number of hydrogen-bond acceptors (Lipinski definition) is 4. The molecule has 6 heteroatoms. The summed E-state index contributed by atoms with van der Waals surface area (Å²) in [6.07, 6.45) is 1.30. The number of nitrogen functional groups attached to an aromatic ring is 1. The van der Waals surface area contributed by atoms with Crippen LogP contribution < -0.4 is 16.0 Å². The van der Waals surface area contributed by atoms with Crippen LogP contribution in [0.1, 0.15) is 5.82 Å². The van der Waals surface area contributed by atoms with Crippen molar-refractivity contribution < 1.29 is 4.74 Å². The van der Waals surface area contributed by atoms with E-state index in [9.17, 15) is 4.79 Å². The number of nitrogens with two attached hydrogens (primary N) is 1. The monoisotopic (exact) mass is 251 g/mol. The van der Waals surface area contributed by atoms with Gasteiger partial charge in [-0.05, 0) is 24.3 Å². The molecule has 0 amide bonds. The van der Waals surface area contributed by atoms with E-state index in [1.54, 1.807) is 24.3 Å². The lowest BCUT2D eigenvalue weighted by molar-refractivity contribution is 0.295. The molecule has 1 heterocycles. The molecule has 0 radical (unpaired) electrons. The van der Waals surface area contributed by atoms with Gasteiger partial charge >= 0.3 is 0 Å². The fourth-order valence-corrected chi connectivity index (χ4v) is 1.32. The quantitative estimate of drug-likeness (QED) is 0.868. The predicted octanol–water partition coefficient (Wildman–Crippen LogP) is 1.58. The Labute approximate surface area is 102 Å². The summed E-state index contributed by atoms with van der Waals surface area (Å²) < 4.78 is 5.41. The molecule has 0 spiro atoms. The molecule has 0 bridgehead atoms. The molecule has 0 aliphatic heterocycles. The smallest absolute Gasteiger partial charge is 0.274 e. The summed E-state index contributed by atoms with van der Waals surface area (Å²) in [5, 5.41) is 0.636. The summed E-state index contributed by atoms with van der Waals surface area (Å²) in [6, 6.07) is 6.90. The fraction of sp³-hybridized carbons (Fsp3) is 0.0909.